The highest BCUT2D eigenvalue weighted by Gasteiger charge is 2.20. The van der Waals surface area contributed by atoms with E-state index < -0.39 is 0 Å². The lowest BCUT2D eigenvalue weighted by atomic mass is 10.00. The van der Waals surface area contributed by atoms with Crippen molar-refractivity contribution in [1.29, 1.82) is 0 Å². The van der Waals surface area contributed by atoms with E-state index in [0.717, 1.165) is 11.4 Å². The molecule has 0 fully saturated rings. The Balaban J connectivity index is 1.15. The van der Waals surface area contributed by atoms with Gasteiger partial charge in [0.2, 0.25) is 0 Å². The lowest BCUT2D eigenvalue weighted by Gasteiger charge is -2.10. The van der Waals surface area contributed by atoms with Crippen LogP contribution in [0, 0.1) is 0 Å². The van der Waals surface area contributed by atoms with E-state index in [1.54, 1.807) is 0 Å². The molecule has 0 radical (unpaired) electrons. The van der Waals surface area contributed by atoms with Crippen molar-refractivity contribution in [3.8, 4) is 28.2 Å². The molecular formula is C52H33N3. The molecule has 0 atom stereocenters. The minimum atomic E-state index is 1.16. The minimum Gasteiger partial charge on any atom is -0.309 e. The van der Waals surface area contributed by atoms with Crippen LogP contribution in [-0.2, 0) is 0 Å². The molecule has 0 aliphatic carbocycles. The van der Waals surface area contributed by atoms with E-state index >= 15 is 0 Å². The summed E-state index contributed by atoms with van der Waals surface area (Å²) in [7, 11) is 0. The van der Waals surface area contributed by atoms with Crippen LogP contribution < -0.4 is 0 Å². The first-order chi connectivity index (χ1) is 27.3. The fourth-order valence-corrected chi connectivity index (χ4v) is 9.12. The summed E-state index contributed by atoms with van der Waals surface area (Å²) in [5.74, 6) is 0. The standard InChI is InChI=1S/C52H33N3/c1-3-15-38(16-4-1)53-47-21-11-9-19-41(47)43-30-36(24-27-49(43)53)37-25-28-50-44(31-37)46-33-51-45(42-20-10-12-22-48(42)54(51)39-17-5-2-6-18-39)32-52(46)55(50)40-26-23-34-13-7-8-14-35(34)29-40/h1-33H. The molecule has 0 spiro atoms. The summed E-state index contributed by atoms with van der Waals surface area (Å²) in [4.78, 5) is 0. The highest BCUT2D eigenvalue weighted by Crippen LogP contribution is 2.42. The molecule has 3 heterocycles. The van der Waals surface area contributed by atoms with E-state index in [9.17, 15) is 0 Å². The van der Waals surface area contributed by atoms with Crippen molar-refractivity contribution >= 4 is 76.2 Å². The van der Waals surface area contributed by atoms with Crippen LogP contribution in [0.2, 0.25) is 0 Å². The molecule has 0 bridgehead atoms. The Kier molecular flexibility index (Phi) is 6.34. The number of fused-ring (bicyclic) bond motifs is 10. The maximum absolute atomic E-state index is 2.46. The second kappa shape index (κ2) is 11.6. The number of hydrogen-bond donors (Lipinski definition) is 0. The molecule has 55 heavy (non-hydrogen) atoms. The summed E-state index contributed by atoms with van der Waals surface area (Å²) in [6.07, 6.45) is 0. The first kappa shape index (κ1) is 30.1. The quantitative estimate of drug-likeness (QED) is 0.174. The van der Waals surface area contributed by atoms with Gasteiger partial charge in [0, 0.05) is 49.4 Å². The second-order valence-corrected chi connectivity index (χ2v) is 14.6. The number of hydrogen-bond acceptors (Lipinski definition) is 0. The number of nitrogens with zero attached hydrogens (tertiary/aromatic N) is 3. The SMILES string of the molecule is c1ccc(-n2c3ccccc3c3cc(-c4ccc5c(c4)c4cc6c(cc4n5-c4ccc5ccccc5c4)c4ccccc4n6-c4ccccc4)ccc32)cc1. The van der Waals surface area contributed by atoms with Crippen molar-refractivity contribution in [2.24, 2.45) is 0 Å². The van der Waals surface area contributed by atoms with Crippen LogP contribution in [0.25, 0.3) is 104 Å². The molecule has 3 heteroatoms. The Morgan fingerprint density at radius 3 is 1.24 bits per heavy atom. The van der Waals surface area contributed by atoms with E-state index in [1.165, 1.54) is 93.0 Å². The molecule has 3 aromatic heterocycles. The predicted octanol–water partition coefficient (Wildman–Crippen LogP) is 13.8. The van der Waals surface area contributed by atoms with Gasteiger partial charge in [-0.05, 0) is 107 Å². The van der Waals surface area contributed by atoms with Crippen molar-refractivity contribution in [2.45, 2.75) is 0 Å². The minimum absolute atomic E-state index is 1.16. The zero-order chi connectivity index (χ0) is 36.0. The Morgan fingerprint density at radius 2 is 0.636 bits per heavy atom. The van der Waals surface area contributed by atoms with Crippen LogP contribution in [0.3, 0.4) is 0 Å². The highest BCUT2D eigenvalue weighted by molar-refractivity contribution is 6.20. The third-order valence-electron chi connectivity index (χ3n) is 11.6. The lowest BCUT2D eigenvalue weighted by Crippen LogP contribution is -1.94. The van der Waals surface area contributed by atoms with Gasteiger partial charge in [0.1, 0.15) is 0 Å². The van der Waals surface area contributed by atoms with E-state index in [0.29, 0.717) is 0 Å². The van der Waals surface area contributed by atoms with Gasteiger partial charge in [-0.25, -0.2) is 0 Å². The van der Waals surface area contributed by atoms with Crippen LogP contribution in [0.15, 0.2) is 200 Å². The van der Waals surface area contributed by atoms with Gasteiger partial charge in [0.15, 0.2) is 0 Å². The van der Waals surface area contributed by atoms with Gasteiger partial charge in [0.05, 0.1) is 33.1 Å². The van der Waals surface area contributed by atoms with Gasteiger partial charge in [-0.3, -0.25) is 0 Å². The van der Waals surface area contributed by atoms with Gasteiger partial charge in [0.25, 0.3) is 0 Å². The molecule has 0 amide bonds. The number of rotatable bonds is 4. The topological polar surface area (TPSA) is 14.8 Å². The van der Waals surface area contributed by atoms with E-state index in [-0.39, 0.29) is 0 Å². The van der Waals surface area contributed by atoms with Gasteiger partial charge in [-0.2, -0.15) is 0 Å². The van der Waals surface area contributed by atoms with E-state index in [2.05, 4.69) is 214 Å². The van der Waals surface area contributed by atoms with Gasteiger partial charge < -0.3 is 13.7 Å². The molecule has 0 saturated heterocycles. The molecule has 9 aromatic carbocycles. The molecule has 0 saturated carbocycles. The van der Waals surface area contributed by atoms with Gasteiger partial charge in [-0.15, -0.1) is 0 Å². The van der Waals surface area contributed by atoms with Crippen molar-refractivity contribution in [2.75, 3.05) is 0 Å². The first-order valence-corrected chi connectivity index (χ1v) is 18.9. The average molecular weight is 700 g/mol. The lowest BCUT2D eigenvalue weighted by molar-refractivity contribution is 1.18. The fourth-order valence-electron chi connectivity index (χ4n) is 9.12. The molecule has 0 N–H and O–H groups in total. The van der Waals surface area contributed by atoms with E-state index in [1.807, 2.05) is 0 Å². The smallest absolute Gasteiger partial charge is 0.0548 e. The van der Waals surface area contributed by atoms with Crippen LogP contribution in [0.5, 0.6) is 0 Å². The van der Waals surface area contributed by atoms with Crippen LogP contribution in [0.1, 0.15) is 0 Å². The monoisotopic (exact) mass is 699 g/mol. The number of para-hydroxylation sites is 4. The maximum Gasteiger partial charge on any atom is 0.0548 e. The fraction of sp³-hybridized carbons (Fsp3) is 0. The Bertz CT molecular complexity index is 3470. The van der Waals surface area contributed by atoms with Crippen molar-refractivity contribution < 1.29 is 0 Å². The van der Waals surface area contributed by atoms with Gasteiger partial charge in [-0.1, -0.05) is 115 Å². The molecule has 12 aromatic rings. The summed E-state index contributed by atoms with van der Waals surface area (Å²) in [5, 5.41) is 9.96. The molecule has 3 nitrogen and oxygen atoms in total. The maximum atomic E-state index is 2.46. The number of aromatic nitrogens is 3. The van der Waals surface area contributed by atoms with Gasteiger partial charge >= 0.3 is 0 Å². The average Bonchev–Trinajstić information content (AvgIpc) is 3.88. The first-order valence-electron chi connectivity index (χ1n) is 18.9. The molecule has 0 aliphatic heterocycles. The third-order valence-corrected chi connectivity index (χ3v) is 11.6. The predicted molar refractivity (Wildman–Crippen MR) is 232 cm³/mol. The molecular weight excluding hydrogens is 667 g/mol. The summed E-state index contributed by atoms with van der Waals surface area (Å²) in [5.41, 5.74) is 13.1. The molecule has 0 aliphatic rings. The third kappa shape index (κ3) is 4.44. The largest absolute Gasteiger partial charge is 0.309 e. The van der Waals surface area contributed by atoms with Crippen LogP contribution >= 0.6 is 0 Å². The summed E-state index contributed by atoms with van der Waals surface area (Å²) >= 11 is 0. The van der Waals surface area contributed by atoms with Crippen LogP contribution in [0.4, 0.5) is 0 Å². The Labute approximate surface area is 317 Å². The summed E-state index contributed by atoms with van der Waals surface area (Å²) in [6.45, 7) is 0. The molecule has 256 valence electrons. The summed E-state index contributed by atoms with van der Waals surface area (Å²) < 4.78 is 7.27. The second-order valence-electron chi connectivity index (χ2n) is 14.6. The summed E-state index contributed by atoms with van der Waals surface area (Å²) in [6, 6.07) is 73.3. The van der Waals surface area contributed by atoms with Crippen molar-refractivity contribution in [1.82, 2.24) is 13.7 Å². The van der Waals surface area contributed by atoms with Crippen molar-refractivity contribution in [3.05, 3.63) is 200 Å². The van der Waals surface area contributed by atoms with E-state index in [4.69, 9.17) is 0 Å². The zero-order valence-corrected chi connectivity index (χ0v) is 29.9. The Morgan fingerprint density at radius 1 is 0.218 bits per heavy atom. The molecule has 12 rings (SSSR count). The zero-order valence-electron chi connectivity index (χ0n) is 29.9. The Hall–Kier alpha value is -7.36. The highest BCUT2D eigenvalue weighted by atomic mass is 15.0. The van der Waals surface area contributed by atoms with Crippen LogP contribution in [-0.4, -0.2) is 13.7 Å². The molecule has 0 unspecified atom stereocenters. The normalized spacial score (nSPS) is 12.0. The van der Waals surface area contributed by atoms with Crippen molar-refractivity contribution in [3.63, 3.8) is 0 Å². The number of benzene rings is 9.